The fraction of sp³-hybridized carbons (Fsp3) is 0.833. The largest absolute Gasteiger partial charge is 0.355 e. The van der Waals surface area contributed by atoms with Gasteiger partial charge in [0, 0.05) is 0 Å². The molecule has 3 nitrogen and oxygen atoms in total. The summed E-state index contributed by atoms with van der Waals surface area (Å²) in [4.78, 5) is 9.82. The summed E-state index contributed by atoms with van der Waals surface area (Å²) < 4.78 is 0. The van der Waals surface area contributed by atoms with E-state index in [4.69, 9.17) is 5.73 Å². The highest BCUT2D eigenvalue weighted by molar-refractivity contribution is 5.66. The van der Waals surface area contributed by atoms with Crippen LogP contribution in [0.4, 0.5) is 0 Å². The Balaban J connectivity index is 2.83. The lowest BCUT2D eigenvalue weighted by atomic mass is 10.2. The Morgan fingerprint density at radius 2 is 1.89 bits per heavy atom. The number of hydrogen-bond acceptors (Lipinski definition) is 2. The van der Waals surface area contributed by atoms with Gasteiger partial charge in [0.1, 0.15) is 0 Å². The molecule has 0 saturated carbocycles. The first-order chi connectivity index (χ1) is 4.27. The highest BCUT2D eigenvalue weighted by Gasteiger charge is 1.96. The Bertz CT molecular complexity index is 83.1. The number of carbonyl (C=O) groups is 1. The molecular weight excluding hydrogens is 118 g/mol. The predicted octanol–water partition coefficient (Wildman–Crippen LogP) is 0.463. The minimum atomic E-state index is -0.966. The summed E-state index contributed by atoms with van der Waals surface area (Å²) in [6.07, 6.45) is 2.66. The van der Waals surface area contributed by atoms with Crippen LogP contribution in [0.2, 0.25) is 0 Å². The van der Waals surface area contributed by atoms with Crippen molar-refractivity contribution in [3.05, 3.63) is 0 Å². The Labute approximate surface area is 54.9 Å². The summed E-state index contributed by atoms with van der Waals surface area (Å²) in [5.74, 6) is -0.966. The minimum absolute atomic E-state index is 0.167. The van der Waals surface area contributed by atoms with Crippen LogP contribution in [0.5, 0.6) is 0 Å². The Hall–Kier alpha value is -0.570. The first kappa shape index (κ1) is 8.43. The number of unbranched alkanes of at least 4 members (excludes halogenated alkanes) is 2. The topological polar surface area (TPSA) is 63.0 Å². The average molecular weight is 130 g/mol. The SMILES string of the molecule is NCCCCCC([O])=O. The molecule has 0 aromatic carbocycles. The fourth-order valence-corrected chi connectivity index (χ4v) is 0.590. The highest BCUT2D eigenvalue weighted by atomic mass is 16.4. The van der Waals surface area contributed by atoms with Gasteiger partial charge in [-0.1, -0.05) is 6.42 Å². The van der Waals surface area contributed by atoms with Crippen molar-refractivity contribution in [2.24, 2.45) is 5.73 Å². The van der Waals surface area contributed by atoms with Gasteiger partial charge in [-0.2, -0.15) is 0 Å². The van der Waals surface area contributed by atoms with E-state index >= 15 is 0 Å². The van der Waals surface area contributed by atoms with Crippen molar-refractivity contribution in [3.8, 4) is 0 Å². The van der Waals surface area contributed by atoms with Gasteiger partial charge in [0.2, 0.25) is 0 Å². The van der Waals surface area contributed by atoms with Crippen LogP contribution < -0.4 is 5.73 Å². The Kier molecular flexibility index (Phi) is 5.21. The molecule has 0 aliphatic rings. The van der Waals surface area contributed by atoms with E-state index in [0.717, 1.165) is 12.8 Å². The molecule has 0 fully saturated rings. The molecule has 0 amide bonds. The second-order valence-electron chi connectivity index (χ2n) is 1.97. The summed E-state index contributed by atoms with van der Waals surface area (Å²) in [6, 6.07) is 0. The zero-order valence-electron chi connectivity index (χ0n) is 5.43. The number of nitrogens with two attached hydrogens (primary N) is 1. The van der Waals surface area contributed by atoms with Gasteiger partial charge < -0.3 is 5.73 Å². The summed E-state index contributed by atoms with van der Waals surface area (Å²) in [5, 5.41) is 9.82. The van der Waals surface area contributed by atoms with E-state index in [0.29, 0.717) is 13.0 Å². The molecule has 0 atom stereocenters. The Morgan fingerprint density at radius 3 is 2.33 bits per heavy atom. The van der Waals surface area contributed by atoms with Crippen molar-refractivity contribution in [2.75, 3.05) is 6.54 Å². The minimum Gasteiger partial charge on any atom is -0.330 e. The van der Waals surface area contributed by atoms with Crippen molar-refractivity contribution in [1.29, 1.82) is 0 Å². The van der Waals surface area contributed by atoms with E-state index in [1.807, 2.05) is 0 Å². The van der Waals surface area contributed by atoms with Crippen LogP contribution in [-0.2, 0) is 9.90 Å². The van der Waals surface area contributed by atoms with E-state index in [-0.39, 0.29) is 6.42 Å². The summed E-state index contributed by atoms with van der Waals surface area (Å²) in [7, 11) is 0. The molecule has 0 spiro atoms. The molecule has 2 N–H and O–H groups in total. The van der Waals surface area contributed by atoms with Gasteiger partial charge in [0.15, 0.2) is 0 Å². The number of rotatable bonds is 5. The van der Waals surface area contributed by atoms with Gasteiger partial charge in [-0.15, -0.1) is 0 Å². The quantitative estimate of drug-likeness (QED) is 0.549. The lowest BCUT2D eigenvalue weighted by molar-refractivity contribution is -0.143. The van der Waals surface area contributed by atoms with E-state index < -0.39 is 5.97 Å². The number of carbonyl (C=O) groups excluding carboxylic acids is 1. The lowest BCUT2D eigenvalue weighted by Gasteiger charge is -1.91. The molecule has 0 aromatic heterocycles. The molecule has 0 rings (SSSR count). The maximum Gasteiger partial charge on any atom is 0.355 e. The van der Waals surface area contributed by atoms with Crippen molar-refractivity contribution in [3.63, 3.8) is 0 Å². The van der Waals surface area contributed by atoms with Crippen LogP contribution in [-0.4, -0.2) is 12.5 Å². The van der Waals surface area contributed by atoms with E-state index in [9.17, 15) is 9.90 Å². The highest BCUT2D eigenvalue weighted by Crippen LogP contribution is 1.97. The zero-order chi connectivity index (χ0) is 7.11. The molecule has 0 aliphatic carbocycles. The first-order valence-corrected chi connectivity index (χ1v) is 3.17. The van der Waals surface area contributed by atoms with Gasteiger partial charge in [-0.25, -0.2) is 9.90 Å². The van der Waals surface area contributed by atoms with Crippen molar-refractivity contribution >= 4 is 5.97 Å². The smallest absolute Gasteiger partial charge is 0.330 e. The van der Waals surface area contributed by atoms with Crippen LogP contribution in [0.3, 0.4) is 0 Å². The van der Waals surface area contributed by atoms with Gasteiger partial charge in [-0.3, -0.25) is 0 Å². The van der Waals surface area contributed by atoms with E-state index in [1.165, 1.54) is 0 Å². The molecule has 0 aromatic rings. The third-order valence-corrected chi connectivity index (χ3v) is 1.09. The van der Waals surface area contributed by atoms with E-state index in [1.54, 1.807) is 0 Å². The molecule has 1 radical (unpaired) electrons. The maximum absolute atomic E-state index is 9.82. The second kappa shape index (κ2) is 5.56. The molecule has 9 heavy (non-hydrogen) atoms. The van der Waals surface area contributed by atoms with Crippen LogP contribution >= 0.6 is 0 Å². The third-order valence-electron chi connectivity index (χ3n) is 1.09. The van der Waals surface area contributed by atoms with Crippen molar-refractivity contribution in [1.82, 2.24) is 0 Å². The standard InChI is InChI=1S/C6H12NO2/c7-5-3-1-2-4-6(8)9/h1-5,7H2. The molecule has 53 valence electrons. The first-order valence-electron chi connectivity index (χ1n) is 3.17. The second-order valence-corrected chi connectivity index (χ2v) is 1.97. The monoisotopic (exact) mass is 130 g/mol. The molecule has 0 unspecified atom stereocenters. The lowest BCUT2D eigenvalue weighted by Crippen LogP contribution is -1.99. The number of hydrogen-bond donors (Lipinski definition) is 1. The molecular formula is C6H12NO2. The Morgan fingerprint density at radius 1 is 1.22 bits per heavy atom. The van der Waals surface area contributed by atoms with Crippen LogP contribution in [0.25, 0.3) is 0 Å². The maximum atomic E-state index is 9.82. The van der Waals surface area contributed by atoms with Gasteiger partial charge in [-0.05, 0) is 19.4 Å². The van der Waals surface area contributed by atoms with Gasteiger partial charge in [0.05, 0.1) is 6.42 Å². The third kappa shape index (κ3) is 7.43. The van der Waals surface area contributed by atoms with Crippen LogP contribution in [0.15, 0.2) is 0 Å². The molecule has 0 aliphatic heterocycles. The van der Waals surface area contributed by atoms with Crippen molar-refractivity contribution < 1.29 is 9.90 Å². The summed E-state index contributed by atoms with van der Waals surface area (Å²) >= 11 is 0. The summed E-state index contributed by atoms with van der Waals surface area (Å²) in [6.45, 7) is 0.646. The molecule has 3 heteroatoms. The van der Waals surface area contributed by atoms with Gasteiger partial charge >= 0.3 is 5.97 Å². The van der Waals surface area contributed by atoms with Crippen LogP contribution in [0.1, 0.15) is 25.7 Å². The normalized spacial score (nSPS) is 9.44. The van der Waals surface area contributed by atoms with Crippen LogP contribution in [0, 0.1) is 0 Å². The molecule has 0 heterocycles. The van der Waals surface area contributed by atoms with Gasteiger partial charge in [0.25, 0.3) is 0 Å². The van der Waals surface area contributed by atoms with Crippen molar-refractivity contribution in [2.45, 2.75) is 25.7 Å². The average Bonchev–Trinajstić information content (AvgIpc) is 1.80. The summed E-state index contributed by atoms with van der Waals surface area (Å²) in [5.41, 5.74) is 5.18. The predicted molar refractivity (Wildman–Crippen MR) is 33.2 cm³/mol. The fourth-order valence-electron chi connectivity index (χ4n) is 0.590. The zero-order valence-corrected chi connectivity index (χ0v) is 5.43. The molecule has 0 bridgehead atoms. The van der Waals surface area contributed by atoms with E-state index in [2.05, 4.69) is 0 Å². The molecule has 0 saturated heterocycles.